The lowest BCUT2D eigenvalue weighted by Gasteiger charge is -2.23. The van der Waals surface area contributed by atoms with Crippen LogP contribution >= 0.6 is 0 Å². The van der Waals surface area contributed by atoms with Gasteiger partial charge in [0.25, 0.3) is 0 Å². The van der Waals surface area contributed by atoms with Gasteiger partial charge in [-0.25, -0.2) is 0 Å². The van der Waals surface area contributed by atoms with Crippen molar-refractivity contribution in [3.05, 3.63) is 18.2 Å². The summed E-state index contributed by atoms with van der Waals surface area (Å²) in [7, 11) is 0. The number of hydrogen-bond donors (Lipinski definition) is 4. The van der Waals surface area contributed by atoms with Crippen molar-refractivity contribution in [2.24, 2.45) is 0 Å². The summed E-state index contributed by atoms with van der Waals surface area (Å²) in [5.74, 6) is -0.139. The smallest absolute Gasteiger partial charge is 0.244 e. The number of phenols is 1. The number of anilines is 2. The van der Waals surface area contributed by atoms with Crippen LogP contribution in [0.2, 0.25) is 0 Å². The molecular weight excluding hydrogens is 218 g/mol. The molecule has 1 aliphatic heterocycles. The van der Waals surface area contributed by atoms with Crippen LogP contribution in [0.4, 0.5) is 11.4 Å². The molecule has 1 aromatic carbocycles. The number of phenolic OH excluding ortho intramolecular Hbond substituents is 1. The van der Waals surface area contributed by atoms with E-state index >= 15 is 0 Å². The lowest BCUT2D eigenvalue weighted by molar-refractivity contribution is -0.121. The van der Waals surface area contributed by atoms with E-state index in [2.05, 4.69) is 10.6 Å². The number of nitrogen functional groups attached to an aromatic ring is 1. The molecule has 1 fully saturated rings. The lowest BCUT2D eigenvalue weighted by atomic mass is 9.99. The van der Waals surface area contributed by atoms with E-state index < -0.39 is 5.54 Å². The van der Waals surface area contributed by atoms with Gasteiger partial charge in [0.15, 0.2) is 0 Å². The first-order valence-corrected chi connectivity index (χ1v) is 5.67. The molecule has 1 heterocycles. The average Bonchev–Trinajstić information content (AvgIpc) is 2.73. The Labute approximate surface area is 100 Å². The Balaban J connectivity index is 2.16. The van der Waals surface area contributed by atoms with Crippen molar-refractivity contribution < 1.29 is 9.90 Å². The normalized spacial score (nSPS) is 23.6. The van der Waals surface area contributed by atoms with Crippen LogP contribution < -0.4 is 16.4 Å². The van der Waals surface area contributed by atoms with Crippen molar-refractivity contribution in [1.82, 2.24) is 5.32 Å². The summed E-state index contributed by atoms with van der Waals surface area (Å²) in [6, 6.07) is 4.80. The molecule has 0 spiro atoms. The number of hydrogen-bond acceptors (Lipinski definition) is 4. The molecule has 0 bridgehead atoms. The molecule has 0 aliphatic carbocycles. The highest BCUT2D eigenvalue weighted by molar-refractivity contribution is 6.00. The van der Waals surface area contributed by atoms with Crippen LogP contribution in [0.1, 0.15) is 19.8 Å². The molecule has 0 unspecified atom stereocenters. The molecule has 1 aliphatic rings. The Morgan fingerprint density at radius 2 is 2.35 bits per heavy atom. The molecule has 92 valence electrons. The number of para-hydroxylation sites is 1. The van der Waals surface area contributed by atoms with Gasteiger partial charge in [0.05, 0.1) is 16.9 Å². The highest BCUT2D eigenvalue weighted by Crippen LogP contribution is 2.29. The predicted octanol–water partition coefficient (Wildman–Crippen LogP) is 1.05. The first-order valence-electron chi connectivity index (χ1n) is 5.67. The Bertz CT molecular complexity index is 439. The lowest BCUT2D eigenvalue weighted by Crippen LogP contribution is -2.48. The van der Waals surface area contributed by atoms with E-state index in [0.717, 1.165) is 19.4 Å². The zero-order chi connectivity index (χ0) is 12.5. The highest BCUT2D eigenvalue weighted by Gasteiger charge is 2.36. The van der Waals surface area contributed by atoms with Crippen LogP contribution in [0.25, 0.3) is 0 Å². The fourth-order valence-corrected chi connectivity index (χ4v) is 2.01. The number of nitrogens with two attached hydrogens (primary N) is 1. The van der Waals surface area contributed by atoms with Crippen molar-refractivity contribution in [2.75, 3.05) is 17.6 Å². The van der Waals surface area contributed by atoms with Gasteiger partial charge in [-0.05, 0) is 38.4 Å². The molecule has 1 aromatic rings. The first kappa shape index (κ1) is 11.7. The van der Waals surface area contributed by atoms with Gasteiger partial charge in [0.2, 0.25) is 5.91 Å². The summed E-state index contributed by atoms with van der Waals surface area (Å²) in [6.07, 6.45) is 1.79. The average molecular weight is 235 g/mol. The number of carbonyl (C=O) groups is 1. The number of rotatable bonds is 2. The largest absolute Gasteiger partial charge is 0.506 e. The number of carbonyl (C=O) groups excluding carboxylic acids is 1. The Morgan fingerprint density at radius 1 is 1.59 bits per heavy atom. The SMILES string of the molecule is C[C@]1(C(=O)Nc2cccc(O)c2N)CCCN1. The van der Waals surface area contributed by atoms with Gasteiger partial charge in [0.1, 0.15) is 5.75 Å². The minimum Gasteiger partial charge on any atom is -0.506 e. The second-order valence-electron chi connectivity index (χ2n) is 4.55. The summed E-state index contributed by atoms with van der Waals surface area (Å²) in [6.45, 7) is 2.72. The van der Waals surface area contributed by atoms with Gasteiger partial charge in [-0.3, -0.25) is 4.79 Å². The van der Waals surface area contributed by atoms with Crippen molar-refractivity contribution >= 4 is 17.3 Å². The molecule has 0 radical (unpaired) electrons. The maximum atomic E-state index is 12.1. The monoisotopic (exact) mass is 235 g/mol. The van der Waals surface area contributed by atoms with Gasteiger partial charge in [-0.2, -0.15) is 0 Å². The summed E-state index contributed by atoms with van der Waals surface area (Å²) >= 11 is 0. The number of nitrogens with one attached hydrogen (secondary N) is 2. The molecule has 5 nitrogen and oxygen atoms in total. The maximum absolute atomic E-state index is 12.1. The number of aromatic hydroxyl groups is 1. The van der Waals surface area contributed by atoms with E-state index in [1.165, 1.54) is 6.07 Å². The highest BCUT2D eigenvalue weighted by atomic mass is 16.3. The Kier molecular flexibility index (Phi) is 2.93. The molecule has 0 saturated carbocycles. The molecule has 2 rings (SSSR count). The molecule has 1 atom stereocenters. The fourth-order valence-electron chi connectivity index (χ4n) is 2.01. The molecule has 1 saturated heterocycles. The number of benzene rings is 1. The van der Waals surface area contributed by atoms with E-state index in [1.54, 1.807) is 12.1 Å². The van der Waals surface area contributed by atoms with E-state index in [-0.39, 0.29) is 17.3 Å². The van der Waals surface area contributed by atoms with E-state index in [4.69, 9.17) is 5.73 Å². The van der Waals surface area contributed by atoms with E-state index in [0.29, 0.717) is 5.69 Å². The quantitative estimate of drug-likeness (QED) is 0.456. The van der Waals surface area contributed by atoms with Crippen LogP contribution in [0.3, 0.4) is 0 Å². The molecule has 5 heteroatoms. The molecular formula is C12H17N3O2. The number of amides is 1. The third-order valence-corrected chi connectivity index (χ3v) is 3.20. The summed E-state index contributed by atoms with van der Waals surface area (Å²) in [5, 5.41) is 15.4. The van der Waals surface area contributed by atoms with Crippen LogP contribution in [-0.4, -0.2) is 23.1 Å². The third-order valence-electron chi connectivity index (χ3n) is 3.20. The Morgan fingerprint density at radius 3 is 3.00 bits per heavy atom. The van der Waals surface area contributed by atoms with Crippen molar-refractivity contribution in [2.45, 2.75) is 25.3 Å². The van der Waals surface area contributed by atoms with Crippen LogP contribution in [0.5, 0.6) is 5.75 Å². The van der Waals surface area contributed by atoms with E-state index in [1.807, 2.05) is 6.92 Å². The minimum absolute atomic E-state index is 0.0210. The molecule has 0 aromatic heterocycles. The summed E-state index contributed by atoms with van der Waals surface area (Å²) in [4.78, 5) is 12.1. The van der Waals surface area contributed by atoms with Gasteiger partial charge >= 0.3 is 0 Å². The molecule has 1 amide bonds. The zero-order valence-corrected chi connectivity index (χ0v) is 9.79. The van der Waals surface area contributed by atoms with Gasteiger partial charge < -0.3 is 21.5 Å². The first-order chi connectivity index (χ1) is 8.03. The van der Waals surface area contributed by atoms with Crippen molar-refractivity contribution in [1.29, 1.82) is 0 Å². The second-order valence-corrected chi connectivity index (χ2v) is 4.55. The van der Waals surface area contributed by atoms with Crippen LogP contribution in [-0.2, 0) is 4.79 Å². The third kappa shape index (κ3) is 2.19. The minimum atomic E-state index is -0.544. The topological polar surface area (TPSA) is 87.4 Å². The van der Waals surface area contributed by atoms with E-state index in [9.17, 15) is 9.90 Å². The fraction of sp³-hybridized carbons (Fsp3) is 0.417. The summed E-state index contributed by atoms with van der Waals surface area (Å²) < 4.78 is 0. The Hall–Kier alpha value is -1.75. The van der Waals surface area contributed by atoms with Gasteiger partial charge in [0, 0.05) is 0 Å². The van der Waals surface area contributed by atoms with Crippen molar-refractivity contribution in [3.8, 4) is 5.75 Å². The second kappa shape index (κ2) is 4.25. The maximum Gasteiger partial charge on any atom is 0.244 e. The standard InChI is InChI=1S/C12H17N3O2/c1-12(6-3-7-14-12)11(17)15-8-4-2-5-9(16)10(8)13/h2,4-5,14,16H,3,6-7,13H2,1H3,(H,15,17)/t12-/m1/s1. The van der Waals surface area contributed by atoms with Crippen LogP contribution in [0.15, 0.2) is 18.2 Å². The van der Waals surface area contributed by atoms with Gasteiger partial charge in [-0.1, -0.05) is 6.07 Å². The molecule has 17 heavy (non-hydrogen) atoms. The predicted molar refractivity (Wildman–Crippen MR) is 66.8 cm³/mol. The van der Waals surface area contributed by atoms with Gasteiger partial charge in [-0.15, -0.1) is 0 Å². The molecule has 5 N–H and O–H groups in total. The zero-order valence-electron chi connectivity index (χ0n) is 9.79. The van der Waals surface area contributed by atoms with Crippen LogP contribution in [0, 0.1) is 0 Å². The van der Waals surface area contributed by atoms with Crippen molar-refractivity contribution in [3.63, 3.8) is 0 Å². The summed E-state index contributed by atoms with van der Waals surface area (Å²) in [5.41, 5.74) is 5.79.